The first-order chi connectivity index (χ1) is 9.15. The molecule has 1 heterocycles. The number of benzene rings is 2. The molecule has 0 saturated heterocycles. The van der Waals surface area contributed by atoms with Crippen molar-refractivity contribution in [2.75, 3.05) is 0 Å². The summed E-state index contributed by atoms with van der Waals surface area (Å²) < 4.78 is 13.2. The maximum absolute atomic E-state index is 13.2. The summed E-state index contributed by atoms with van der Waals surface area (Å²) in [6.07, 6.45) is 0. The highest BCUT2D eigenvalue weighted by molar-refractivity contribution is 5.92. The van der Waals surface area contributed by atoms with E-state index in [2.05, 4.69) is 10.2 Å². The number of fused-ring (bicyclic) bond motifs is 1. The van der Waals surface area contributed by atoms with Gasteiger partial charge in [0.05, 0.1) is 10.4 Å². The van der Waals surface area contributed by atoms with Crippen LogP contribution in [0.2, 0.25) is 0 Å². The summed E-state index contributed by atoms with van der Waals surface area (Å²) in [5.74, 6) is -0.350. The van der Waals surface area contributed by atoms with Crippen molar-refractivity contribution >= 4 is 16.6 Å². The minimum atomic E-state index is -0.466. The third kappa shape index (κ3) is 1.93. The Kier molecular flexibility index (Phi) is 2.49. The van der Waals surface area contributed by atoms with Crippen LogP contribution in [0.25, 0.3) is 22.2 Å². The number of H-pyrrole nitrogens is 1. The van der Waals surface area contributed by atoms with Crippen LogP contribution in [0.4, 0.5) is 10.1 Å². The molecule has 1 N–H and O–H groups in total. The highest BCUT2D eigenvalue weighted by Crippen LogP contribution is 2.28. The predicted molar refractivity (Wildman–Crippen MR) is 68.1 cm³/mol. The monoisotopic (exact) mass is 257 g/mol. The van der Waals surface area contributed by atoms with Crippen molar-refractivity contribution in [2.45, 2.75) is 0 Å². The Balaban J connectivity index is 2.13. The number of non-ortho nitro benzene ring substituents is 1. The standard InChI is InChI=1S/C13H8FN3O2/c14-9-3-6-12-11(7-9)13(16-15-12)8-1-4-10(5-2-8)17(18)19/h1-7H,(H,15,16). The molecule has 0 aliphatic heterocycles. The maximum Gasteiger partial charge on any atom is 0.269 e. The number of halogens is 1. The maximum atomic E-state index is 13.2. The van der Waals surface area contributed by atoms with Gasteiger partial charge < -0.3 is 0 Å². The lowest BCUT2D eigenvalue weighted by Gasteiger charge is -1.98. The van der Waals surface area contributed by atoms with Crippen molar-refractivity contribution < 1.29 is 9.31 Å². The van der Waals surface area contributed by atoms with E-state index in [0.29, 0.717) is 16.6 Å². The normalized spacial score (nSPS) is 10.8. The average Bonchev–Trinajstić information content (AvgIpc) is 2.81. The molecule has 0 saturated carbocycles. The van der Waals surface area contributed by atoms with E-state index < -0.39 is 4.92 Å². The molecule has 0 amide bonds. The highest BCUT2D eigenvalue weighted by atomic mass is 19.1. The Morgan fingerprint density at radius 1 is 1.16 bits per heavy atom. The minimum absolute atomic E-state index is 0.00905. The molecule has 0 aliphatic carbocycles. The van der Waals surface area contributed by atoms with Crippen molar-refractivity contribution in [3.05, 3.63) is 58.4 Å². The average molecular weight is 257 g/mol. The molecular weight excluding hydrogens is 249 g/mol. The third-order valence-electron chi connectivity index (χ3n) is 2.88. The number of aromatic nitrogens is 2. The van der Waals surface area contributed by atoms with E-state index in [-0.39, 0.29) is 11.5 Å². The van der Waals surface area contributed by atoms with E-state index in [9.17, 15) is 14.5 Å². The van der Waals surface area contributed by atoms with Crippen molar-refractivity contribution in [3.8, 4) is 11.3 Å². The summed E-state index contributed by atoms with van der Waals surface area (Å²) in [6.45, 7) is 0. The first-order valence-electron chi connectivity index (χ1n) is 5.53. The molecular formula is C13H8FN3O2. The molecule has 1 aromatic heterocycles. The molecule has 0 spiro atoms. The number of hydrogen-bond acceptors (Lipinski definition) is 3. The number of nitrogens with zero attached hydrogens (tertiary/aromatic N) is 2. The third-order valence-corrected chi connectivity index (χ3v) is 2.88. The quantitative estimate of drug-likeness (QED) is 0.565. The van der Waals surface area contributed by atoms with Crippen LogP contribution in [0.1, 0.15) is 0 Å². The Bertz CT molecular complexity index is 765. The lowest BCUT2D eigenvalue weighted by atomic mass is 10.1. The fourth-order valence-corrected chi connectivity index (χ4v) is 1.95. The van der Waals surface area contributed by atoms with Crippen LogP contribution >= 0.6 is 0 Å². The van der Waals surface area contributed by atoms with Crippen LogP contribution in [0.5, 0.6) is 0 Å². The van der Waals surface area contributed by atoms with E-state index in [1.54, 1.807) is 18.2 Å². The zero-order chi connectivity index (χ0) is 13.4. The van der Waals surface area contributed by atoms with Crippen molar-refractivity contribution in [3.63, 3.8) is 0 Å². The minimum Gasteiger partial charge on any atom is -0.277 e. The highest BCUT2D eigenvalue weighted by Gasteiger charge is 2.11. The smallest absolute Gasteiger partial charge is 0.269 e. The van der Waals surface area contributed by atoms with Gasteiger partial charge in [0.2, 0.25) is 0 Å². The molecule has 2 aromatic carbocycles. The molecule has 0 bridgehead atoms. The summed E-state index contributed by atoms with van der Waals surface area (Å²) in [5, 5.41) is 18.2. The largest absolute Gasteiger partial charge is 0.277 e. The molecule has 0 unspecified atom stereocenters. The van der Waals surface area contributed by atoms with Crippen molar-refractivity contribution in [2.24, 2.45) is 0 Å². The summed E-state index contributed by atoms with van der Waals surface area (Å²) >= 11 is 0. The van der Waals surface area contributed by atoms with Crippen LogP contribution in [-0.4, -0.2) is 15.1 Å². The van der Waals surface area contributed by atoms with Gasteiger partial charge >= 0.3 is 0 Å². The van der Waals surface area contributed by atoms with E-state index in [1.807, 2.05) is 0 Å². The molecule has 0 radical (unpaired) electrons. The second-order valence-electron chi connectivity index (χ2n) is 4.07. The first-order valence-corrected chi connectivity index (χ1v) is 5.53. The first kappa shape index (κ1) is 11.3. The van der Waals surface area contributed by atoms with E-state index in [1.165, 1.54) is 24.3 Å². The van der Waals surface area contributed by atoms with Gasteiger partial charge in [-0.1, -0.05) is 0 Å². The van der Waals surface area contributed by atoms with Crippen LogP contribution in [-0.2, 0) is 0 Å². The number of nitro benzene ring substituents is 1. The van der Waals surface area contributed by atoms with Crippen molar-refractivity contribution in [1.82, 2.24) is 10.2 Å². The second-order valence-corrected chi connectivity index (χ2v) is 4.07. The van der Waals surface area contributed by atoms with Gasteiger partial charge in [0.1, 0.15) is 11.5 Å². The molecule has 0 aliphatic rings. The van der Waals surface area contributed by atoms with Gasteiger partial charge in [-0.25, -0.2) is 4.39 Å². The molecule has 0 fully saturated rings. The summed E-state index contributed by atoms with van der Waals surface area (Å²) in [4.78, 5) is 10.1. The number of nitrogens with one attached hydrogen (secondary N) is 1. The Morgan fingerprint density at radius 3 is 2.58 bits per heavy atom. The summed E-state index contributed by atoms with van der Waals surface area (Å²) in [7, 11) is 0. The number of rotatable bonds is 2. The Labute approximate surface area is 106 Å². The van der Waals surface area contributed by atoms with Crippen LogP contribution in [0.15, 0.2) is 42.5 Å². The van der Waals surface area contributed by atoms with Gasteiger partial charge in [-0.2, -0.15) is 5.10 Å². The number of hydrogen-bond donors (Lipinski definition) is 1. The van der Waals surface area contributed by atoms with Crippen molar-refractivity contribution in [1.29, 1.82) is 0 Å². The SMILES string of the molecule is O=[N+]([O-])c1ccc(-c2n[nH]c3ccc(F)cc23)cc1. The van der Waals surface area contributed by atoms with Crippen LogP contribution in [0.3, 0.4) is 0 Å². The lowest BCUT2D eigenvalue weighted by Crippen LogP contribution is -1.87. The molecule has 3 aromatic rings. The zero-order valence-electron chi connectivity index (χ0n) is 9.63. The Hall–Kier alpha value is -2.76. The molecule has 6 heteroatoms. The van der Waals surface area contributed by atoms with E-state index in [4.69, 9.17) is 0 Å². The second kappa shape index (κ2) is 4.16. The van der Waals surface area contributed by atoms with Gasteiger partial charge in [-0.05, 0) is 30.3 Å². The molecule has 5 nitrogen and oxygen atoms in total. The van der Waals surface area contributed by atoms with E-state index >= 15 is 0 Å². The van der Waals surface area contributed by atoms with Gasteiger partial charge in [0, 0.05) is 23.1 Å². The van der Waals surface area contributed by atoms with Gasteiger partial charge in [-0.15, -0.1) is 0 Å². The lowest BCUT2D eigenvalue weighted by molar-refractivity contribution is -0.384. The van der Waals surface area contributed by atoms with Gasteiger partial charge in [0.25, 0.3) is 5.69 Å². The number of nitro groups is 1. The fraction of sp³-hybridized carbons (Fsp3) is 0. The molecule has 3 rings (SSSR count). The molecule has 94 valence electrons. The number of aromatic amines is 1. The van der Waals surface area contributed by atoms with Gasteiger partial charge in [-0.3, -0.25) is 15.2 Å². The van der Waals surface area contributed by atoms with Gasteiger partial charge in [0.15, 0.2) is 0 Å². The van der Waals surface area contributed by atoms with E-state index in [0.717, 1.165) is 5.52 Å². The predicted octanol–water partition coefficient (Wildman–Crippen LogP) is 3.28. The summed E-state index contributed by atoms with van der Waals surface area (Å²) in [6, 6.07) is 10.3. The van der Waals surface area contributed by atoms with Crippen LogP contribution in [0, 0.1) is 15.9 Å². The Morgan fingerprint density at radius 2 is 1.89 bits per heavy atom. The molecule has 0 atom stereocenters. The fourth-order valence-electron chi connectivity index (χ4n) is 1.95. The zero-order valence-corrected chi connectivity index (χ0v) is 9.63. The molecule has 19 heavy (non-hydrogen) atoms. The summed E-state index contributed by atoms with van der Waals surface area (Å²) in [5.41, 5.74) is 2.00. The topological polar surface area (TPSA) is 71.8 Å². The van der Waals surface area contributed by atoms with Crippen LogP contribution < -0.4 is 0 Å².